The van der Waals surface area contributed by atoms with Gasteiger partial charge in [-0.2, -0.15) is 0 Å². The number of hydrogen-bond acceptors (Lipinski definition) is 4. The molecule has 35 heavy (non-hydrogen) atoms. The Balaban J connectivity index is 1.52. The lowest BCUT2D eigenvalue weighted by Gasteiger charge is -2.29. The van der Waals surface area contributed by atoms with Gasteiger partial charge in [0.2, 0.25) is 0 Å². The van der Waals surface area contributed by atoms with Crippen molar-refractivity contribution in [1.29, 1.82) is 5.41 Å². The first-order valence-corrected chi connectivity index (χ1v) is 12.1. The van der Waals surface area contributed by atoms with Crippen LogP contribution in [0.25, 0.3) is 0 Å². The van der Waals surface area contributed by atoms with Crippen molar-refractivity contribution in [3.8, 4) is 0 Å². The Labute approximate surface area is 214 Å². The number of halogens is 2. The van der Waals surface area contributed by atoms with E-state index in [9.17, 15) is 9.59 Å². The van der Waals surface area contributed by atoms with Crippen LogP contribution in [0.1, 0.15) is 51.1 Å². The molecule has 4 rings (SSSR count). The first-order valence-electron chi connectivity index (χ1n) is 11.3. The lowest BCUT2D eigenvalue weighted by Crippen LogP contribution is -2.35. The molecule has 1 fully saturated rings. The molecular weight excluding hydrogens is 485 g/mol. The summed E-state index contributed by atoms with van der Waals surface area (Å²) in [4.78, 5) is 32.2. The van der Waals surface area contributed by atoms with Crippen molar-refractivity contribution < 1.29 is 9.59 Å². The van der Waals surface area contributed by atoms with Gasteiger partial charge in [0.15, 0.2) is 0 Å². The second kappa shape index (κ2) is 10.9. The maximum atomic E-state index is 13.0. The molecule has 3 N–H and O–H groups in total. The summed E-state index contributed by atoms with van der Waals surface area (Å²) in [5.74, 6) is -0.0442. The molecule has 1 aromatic heterocycles. The molecule has 2 amide bonds. The van der Waals surface area contributed by atoms with E-state index in [1.165, 1.54) is 18.7 Å². The summed E-state index contributed by atoms with van der Waals surface area (Å²) in [5, 5.41) is 14.8. The summed E-state index contributed by atoms with van der Waals surface area (Å²) >= 11 is 12.1. The van der Waals surface area contributed by atoms with Crippen molar-refractivity contribution in [3.63, 3.8) is 0 Å². The van der Waals surface area contributed by atoms with Crippen LogP contribution >= 0.6 is 23.2 Å². The van der Waals surface area contributed by atoms with Crippen molar-refractivity contribution in [2.24, 2.45) is 0 Å². The minimum absolute atomic E-state index is 0.212. The van der Waals surface area contributed by atoms with Crippen LogP contribution in [0.3, 0.4) is 0 Å². The number of amides is 2. The lowest BCUT2D eigenvalue weighted by molar-refractivity contribution is 0.102. The largest absolute Gasteiger partial charge is 0.357 e. The lowest BCUT2D eigenvalue weighted by atomic mass is 10.0. The number of carbonyl (C=O) groups excluding carboxylic acids is 2. The summed E-state index contributed by atoms with van der Waals surface area (Å²) in [6.45, 7) is 3.53. The number of aryl methyl sites for hydroxylation is 1. The third-order valence-electron chi connectivity index (χ3n) is 5.85. The molecule has 0 saturated carbocycles. The average Bonchev–Trinajstić information content (AvgIpc) is 2.87. The summed E-state index contributed by atoms with van der Waals surface area (Å²) < 4.78 is 0. The normalized spacial score (nSPS) is 13.3. The van der Waals surface area contributed by atoms with Crippen LogP contribution in [0.4, 0.5) is 11.5 Å². The number of aromatic nitrogens is 1. The van der Waals surface area contributed by atoms with Crippen LogP contribution in [0.15, 0.2) is 54.7 Å². The van der Waals surface area contributed by atoms with Gasteiger partial charge in [-0.05, 0) is 68.1 Å². The summed E-state index contributed by atoms with van der Waals surface area (Å²) in [7, 11) is 0. The molecular formula is C26H25Cl2N5O2. The third kappa shape index (κ3) is 5.99. The molecule has 2 aromatic carbocycles. The van der Waals surface area contributed by atoms with E-state index in [0.717, 1.165) is 31.5 Å². The monoisotopic (exact) mass is 509 g/mol. The number of nitrogens with one attached hydrogen (secondary N) is 3. The molecule has 1 saturated heterocycles. The smallest absolute Gasteiger partial charge is 0.258 e. The van der Waals surface area contributed by atoms with Gasteiger partial charge in [-0.3, -0.25) is 15.0 Å². The standard InChI is InChI=1S/C26H25Cl2N5O2/c1-16-13-20(28)14-21(26(35)31-22-10-9-19(27)15-30-22)23(16)32-25(34)18-7-5-17(6-8-18)24(29)33-11-3-2-4-12-33/h5-10,13-15,29H,2-4,11-12H2,1H3,(H,32,34)(H,30,31,35). The maximum absolute atomic E-state index is 13.0. The van der Waals surface area contributed by atoms with Crippen molar-refractivity contribution >= 4 is 52.4 Å². The maximum Gasteiger partial charge on any atom is 0.258 e. The van der Waals surface area contributed by atoms with Gasteiger partial charge >= 0.3 is 0 Å². The molecule has 0 unspecified atom stereocenters. The first-order chi connectivity index (χ1) is 16.8. The number of anilines is 2. The number of piperidine rings is 1. The van der Waals surface area contributed by atoms with E-state index in [2.05, 4.69) is 20.5 Å². The minimum atomic E-state index is -0.467. The average molecular weight is 510 g/mol. The number of amidine groups is 1. The number of rotatable bonds is 5. The topological polar surface area (TPSA) is 98.2 Å². The van der Waals surface area contributed by atoms with Gasteiger partial charge in [0, 0.05) is 35.4 Å². The Bertz CT molecular complexity index is 1250. The predicted octanol–water partition coefficient (Wildman–Crippen LogP) is 6.01. The molecule has 3 aromatic rings. The molecule has 0 radical (unpaired) electrons. The second-order valence-corrected chi connectivity index (χ2v) is 9.26. The Hall–Kier alpha value is -3.42. The fraction of sp³-hybridized carbons (Fsp3) is 0.231. The number of benzene rings is 2. The molecule has 0 bridgehead atoms. The summed E-state index contributed by atoms with van der Waals surface area (Å²) in [5.41, 5.74) is 2.39. The zero-order valence-corrected chi connectivity index (χ0v) is 20.7. The molecule has 9 heteroatoms. The van der Waals surface area contributed by atoms with Gasteiger partial charge in [0.25, 0.3) is 11.8 Å². The molecule has 0 spiro atoms. The Morgan fingerprint density at radius 3 is 2.23 bits per heavy atom. The van der Waals surface area contributed by atoms with E-state index < -0.39 is 5.91 Å². The highest BCUT2D eigenvalue weighted by atomic mass is 35.5. The number of likely N-dealkylation sites (tertiary alicyclic amines) is 1. The van der Waals surface area contributed by atoms with Gasteiger partial charge in [-0.1, -0.05) is 35.3 Å². The molecule has 1 aliphatic rings. The van der Waals surface area contributed by atoms with Crippen LogP contribution in [0.5, 0.6) is 0 Å². The zero-order valence-electron chi connectivity index (χ0n) is 19.2. The van der Waals surface area contributed by atoms with E-state index in [1.54, 1.807) is 49.4 Å². The van der Waals surface area contributed by atoms with Crippen molar-refractivity contribution in [2.45, 2.75) is 26.2 Å². The molecule has 180 valence electrons. The van der Waals surface area contributed by atoms with E-state index in [4.69, 9.17) is 28.6 Å². The number of nitrogens with zero attached hydrogens (tertiary/aromatic N) is 2. The molecule has 7 nitrogen and oxygen atoms in total. The molecule has 2 heterocycles. The Morgan fingerprint density at radius 2 is 1.57 bits per heavy atom. The van der Waals surface area contributed by atoms with Gasteiger partial charge in [-0.25, -0.2) is 4.98 Å². The first kappa shape index (κ1) is 24.7. The number of hydrogen-bond donors (Lipinski definition) is 3. The molecule has 0 atom stereocenters. The highest BCUT2D eigenvalue weighted by Gasteiger charge is 2.19. The van der Waals surface area contributed by atoms with Crippen LogP contribution < -0.4 is 10.6 Å². The van der Waals surface area contributed by atoms with E-state index in [0.29, 0.717) is 38.5 Å². The molecule has 0 aliphatic carbocycles. The summed E-state index contributed by atoms with van der Waals surface area (Å²) in [6, 6.07) is 13.3. The Kier molecular flexibility index (Phi) is 7.68. The van der Waals surface area contributed by atoms with Gasteiger partial charge in [0.1, 0.15) is 11.7 Å². The van der Waals surface area contributed by atoms with Gasteiger partial charge in [-0.15, -0.1) is 0 Å². The zero-order chi connectivity index (χ0) is 24.9. The van der Waals surface area contributed by atoms with Gasteiger partial charge in [0.05, 0.1) is 16.3 Å². The predicted molar refractivity (Wildman–Crippen MR) is 140 cm³/mol. The van der Waals surface area contributed by atoms with Crippen molar-refractivity contribution in [2.75, 3.05) is 23.7 Å². The van der Waals surface area contributed by atoms with Crippen molar-refractivity contribution in [1.82, 2.24) is 9.88 Å². The van der Waals surface area contributed by atoms with Gasteiger partial charge < -0.3 is 15.5 Å². The Morgan fingerprint density at radius 1 is 0.886 bits per heavy atom. The van der Waals surface area contributed by atoms with Crippen LogP contribution in [-0.2, 0) is 0 Å². The van der Waals surface area contributed by atoms with Crippen LogP contribution in [0, 0.1) is 12.3 Å². The highest BCUT2D eigenvalue weighted by Crippen LogP contribution is 2.27. The third-order valence-corrected chi connectivity index (χ3v) is 6.29. The van der Waals surface area contributed by atoms with E-state index in [1.807, 2.05) is 0 Å². The quantitative estimate of drug-likeness (QED) is 0.289. The second-order valence-electron chi connectivity index (χ2n) is 8.39. The number of pyridine rings is 1. The number of carbonyl (C=O) groups is 2. The van der Waals surface area contributed by atoms with E-state index in [-0.39, 0.29) is 11.5 Å². The minimum Gasteiger partial charge on any atom is -0.357 e. The summed E-state index contributed by atoms with van der Waals surface area (Å²) in [6.07, 6.45) is 4.81. The van der Waals surface area contributed by atoms with Crippen molar-refractivity contribution in [3.05, 3.63) is 87.0 Å². The fourth-order valence-corrected chi connectivity index (χ4v) is 4.37. The SMILES string of the molecule is Cc1cc(Cl)cc(C(=O)Nc2ccc(Cl)cn2)c1NC(=O)c1ccc(C(=N)N2CCCCC2)cc1. The van der Waals surface area contributed by atoms with E-state index >= 15 is 0 Å². The fourth-order valence-electron chi connectivity index (χ4n) is 3.99. The van der Waals surface area contributed by atoms with Crippen LogP contribution in [-0.4, -0.2) is 40.6 Å². The molecule has 1 aliphatic heterocycles. The highest BCUT2D eigenvalue weighted by molar-refractivity contribution is 6.31. The van der Waals surface area contributed by atoms with Crippen LogP contribution in [0.2, 0.25) is 10.0 Å².